The largest absolute Gasteiger partial charge is 0.444 e. The highest BCUT2D eigenvalue weighted by atomic mass is 16.6. The minimum absolute atomic E-state index is 0.0917. The summed E-state index contributed by atoms with van der Waals surface area (Å²) in [4.78, 5) is 41.6. The second-order valence-corrected chi connectivity index (χ2v) is 7.97. The lowest BCUT2D eigenvalue weighted by Gasteiger charge is -2.40. The maximum absolute atomic E-state index is 12.4. The standard InChI is InChI=1S/C19H27N3O4/c1-13(23)14-6-7-15(20-12-14)16(24)21-19(5)8-10-22(11-9-19)17(25)26-18(2,3)4/h6-7,12H,8-11H2,1-5H3,(H,21,24). The van der Waals surface area contributed by atoms with E-state index in [0.717, 1.165) is 0 Å². The number of likely N-dealkylation sites (tertiary alicyclic amines) is 1. The Morgan fingerprint density at radius 1 is 1.19 bits per heavy atom. The Balaban J connectivity index is 1.93. The van der Waals surface area contributed by atoms with Crippen LogP contribution in [-0.2, 0) is 4.74 Å². The van der Waals surface area contributed by atoms with E-state index in [9.17, 15) is 14.4 Å². The zero-order valence-electron chi connectivity index (χ0n) is 16.1. The van der Waals surface area contributed by atoms with Crippen LogP contribution in [0.15, 0.2) is 18.3 Å². The van der Waals surface area contributed by atoms with Crippen LogP contribution in [0, 0.1) is 0 Å². The number of ketones is 1. The molecule has 142 valence electrons. The van der Waals surface area contributed by atoms with E-state index in [4.69, 9.17) is 4.74 Å². The molecule has 1 aromatic rings. The Morgan fingerprint density at radius 3 is 2.27 bits per heavy atom. The number of hydrogen-bond donors (Lipinski definition) is 1. The summed E-state index contributed by atoms with van der Waals surface area (Å²) in [6.07, 6.45) is 2.34. The molecule has 1 saturated heterocycles. The number of Topliss-reactive ketones (excluding diaryl/α,β-unsaturated/α-hetero) is 1. The van der Waals surface area contributed by atoms with E-state index in [0.29, 0.717) is 31.5 Å². The fourth-order valence-electron chi connectivity index (χ4n) is 2.71. The van der Waals surface area contributed by atoms with Crippen LogP contribution in [0.2, 0.25) is 0 Å². The Hall–Kier alpha value is -2.44. The van der Waals surface area contributed by atoms with Crippen molar-refractivity contribution in [3.8, 4) is 0 Å². The van der Waals surface area contributed by atoms with Crippen LogP contribution in [0.25, 0.3) is 0 Å². The number of rotatable bonds is 3. The van der Waals surface area contributed by atoms with Crippen LogP contribution in [-0.4, -0.2) is 51.9 Å². The summed E-state index contributed by atoms with van der Waals surface area (Å²) in [5.41, 5.74) is -0.204. The first-order valence-corrected chi connectivity index (χ1v) is 8.76. The number of piperidine rings is 1. The molecule has 0 aliphatic carbocycles. The fourth-order valence-corrected chi connectivity index (χ4v) is 2.71. The average molecular weight is 361 g/mol. The van der Waals surface area contributed by atoms with E-state index >= 15 is 0 Å². The van der Waals surface area contributed by atoms with Gasteiger partial charge in [0.1, 0.15) is 11.3 Å². The van der Waals surface area contributed by atoms with E-state index in [-0.39, 0.29) is 23.5 Å². The molecule has 2 rings (SSSR count). The molecule has 1 N–H and O–H groups in total. The van der Waals surface area contributed by atoms with Gasteiger partial charge in [0.15, 0.2) is 5.78 Å². The molecule has 0 atom stereocenters. The summed E-state index contributed by atoms with van der Waals surface area (Å²) in [7, 11) is 0. The van der Waals surface area contributed by atoms with Crippen LogP contribution in [0.1, 0.15) is 68.3 Å². The molecule has 0 bridgehead atoms. The first kappa shape index (κ1) is 19.9. The van der Waals surface area contributed by atoms with Gasteiger partial charge in [0, 0.05) is 30.4 Å². The molecule has 7 nitrogen and oxygen atoms in total. The Morgan fingerprint density at radius 2 is 1.81 bits per heavy atom. The summed E-state index contributed by atoms with van der Waals surface area (Å²) < 4.78 is 5.39. The van der Waals surface area contributed by atoms with Gasteiger partial charge in [-0.15, -0.1) is 0 Å². The number of aromatic nitrogens is 1. The number of nitrogens with zero attached hydrogens (tertiary/aromatic N) is 2. The maximum atomic E-state index is 12.4. The summed E-state index contributed by atoms with van der Waals surface area (Å²) >= 11 is 0. The van der Waals surface area contributed by atoms with E-state index < -0.39 is 11.1 Å². The quantitative estimate of drug-likeness (QED) is 0.836. The molecular formula is C19H27N3O4. The third kappa shape index (κ3) is 5.28. The zero-order chi connectivity index (χ0) is 19.5. The summed E-state index contributed by atoms with van der Waals surface area (Å²) in [6.45, 7) is 9.96. The van der Waals surface area contributed by atoms with Gasteiger partial charge < -0.3 is 15.0 Å². The highest BCUT2D eigenvalue weighted by Crippen LogP contribution is 2.23. The van der Waals surface area contributed by atoms with Crippen molar-refractivity contribution in [3.05, 3.63) is 29.6 Å². The van der Waals surface area contributed by atoms with Gasteiger partial charge in [-0.25, -0.2) is 4.79 Å². The topological polar surface area (TPSA) is 88.6 Å². The van der Waals surface area contributed by atoms with Gasteiger partial charge >= 0.3 is 6.09 Å². The van der Waals surface area contributed by atoms with Gasteiger partial charge in [0.25, 0.3) is 5.91 Å². The molecule has 1 aromatic heterocycles. The number of carbonyl (C=O) groups is 3. The highest BCUT2D eigenvalue weighted by molar-refractivity contribution is 5.96. The minimum atomic E-state index is -0.524. The number of amides is 2. The summed E-state index contributed by atoms with van der Waals surface area (Å²) in [5.74, 6) is -0.376. The minimum Gasteiger partial charge on any atom is -0.444 e. The number of nitrogens with one attached hydrogen (secondary N) is 1. The van der Waals surface area contributed by atoms with Gasteiger partial charge in [0.05, 0.1) is 0 Å². The molecule has 1 aliphatic heterocycles. The van der Waals surface area contributed by atoms with Crippen molar-refractivity contribution in [1.82, 2.24) is 15.2 Å². The SMILES string of the molecule is CC(=O)c1ccc(C(=O)NC2(C)CCN(C(=O)OC(C)(C)C)CC2)nc1. The molecule has 0 unspecified atom stereocenters. The summed E-state index contributed by atoms with van der Waals surface area (Å²) in [5, 5.41) is 3.00. The molecule has 0 aromatic carbocycles. The van der Waals surface area contributed by atoms with E-state index in [1.807, 2.05) is 27.7 Å². The number of hydrogen-bond acceptors (Lipinski definition) is 5. The molecule has 1 fully saturated rings. The molecule has 0 saturated carbocycles. The van der Waals surface area contributed by atoms with Crippen molar-refractivity contribution < 1.29 is 19.1 Å². The van der Waals surface area contributed by atoms with Crippen molar-refractivity contribution in [2.75, 3.05) is 13.1 Å². The molecule has 7 heteroatoms. The maximum Gasteiger partial charge on any atom is 0.410 e. The second-order valence-electron chi connectivity index (χ2n) is 7.97. The fraction of sp³-hybridized carbons (Fsp3) is 0.579. The summed E-state index contributed by atoms with van der Waals surface area (Å²) in [6, 6.07) is 3.14. The molecule has 1 aliphatic rings. The third-order valence-electron chi connectivity index (χ3n) is 4.34. The zero-order valence-corrected chi connectivity index (χ0v) is 16.1. The van der Waals surface area contributed by atoms with Crippen molar-refractivity contribution >= 4 is 17.8 Å². The van der Waals surface area contributed by atoms with Gasteiger partial charge in [0.2, 0.25) is 0 Å². The lowest BCUT2D eigenvalue weighted by molar-refractivity contribution is 0.0160. The Kier molecular flexibility index (Phi) is 5.68. The molecule has 0 spiro atoms. The van der Waals surface area contributed by atoms with Gasteiger partial charge in [-0.2, -0.15) is 0 Å². The molecule has 2 amide bonds. The lowest BCUT2D eigenvalue weighted by atomic mass is 9.89. The van der Waals surface area contributed by atoms with E-state index in [1.54, 1.807) is 17.0 Å². The first-order chi connectivity index (χ1) is 12.0. The molecular weight excluding hydrogens is 334 g/mol. The normalized spacial score (nSPS) is 16.7. The Labute approximate surface area is 154 Å². The van der Waals surface area contributed by atoms with Crippen molar-refractivity contribution in [2.24, 2.45) is 0 Å². The van der Waals surface area contributed by atoms with Crippen molar-refractivity contribution in [3.63, 3.8) is 0 Å². The highest BCUT2D eigenvalue weighted by Gasteiger charge is 2.35. The van der Waals surface area contributed by atoms with Gasteiger partial charge in [-0.1, -0.05) is 0 Å². The number of pyridine rings is 1. The van der Waals surface area contributed by atoms with Crippen LogP contribution < -0.4 is 5.32 Å². The smallest absolute Gasteiger partial charge is 0.410 e. The molecule has 0 radical (unpaired) electrons. The molecule has 26 heavy (non-hydrogen) atoms. The van der Waals surface area contributed by atoms with E-state index in [1.165, 1.54) is 13.1 Å². The van der Waals surface area contributed by atoms with Crippen molar-refractivity contribution in [2.45, 2.75) is 58.6 Å². The molecule has 2 heterocycles. The van der Waals surface area contributed by atoms with Gasteiger partial charge in [-0.3, -0.25) is 14.6 Å². The van der Waals surface area contributed by atoms with Gasteiger partial charge in [-0.05, 0) is 59.6 Å². The van der Waals surface area contributed by atoms with Crippen LogP contribution >= 0.6 is 0 Å². The number of carbonyl (C=O) groups excluding carboxylic acids is 3. The third-order valence-corrected chi connectivity index (χ3v) is 4.34. The van der Waals surface area contributed by atoms with Crippen molar-refractivity contribution in [1.29, 1.82) is 0 Å². The van der Waals surface area contributed by atoms with Crippen LogP contribution in [0.4, 0.5) is 4.79 Å². The van der Waals surface area contributed by atoms with Crippen LogP contribution in [0.3, 0.4) is 0 Å². The predicted octanol–water partition coefficient (Wildman–Crippen LogP) is 2.80. The lowest BCUT2D eigenvalue weighted by Crippen LogP contribution is -2.55. The first-order valence-electron chi connectivity index (χ1n) is 8.76. The monoisotopic (exact) mass is 361 g/mol. The Bertz CT molecular complexity index is 684. The predicted molar refractivity (Wildman–Crippen MR) is 97.2 cm³/mol. The second kappa shape index (κ2) is 7.43. The number of ether oxygens (including phenoxy) is 1. The van der Waals surface area contributed by atoms with E-state index in [2.05, 4.69) is 10.3 Å². The average Bonchev–Trinajstić information content (AvgIpc) is 2.53. The van der Waals surface area contributed by atoms with Crippen LogP contribution in [0.5, 0.6) is 0 Å².